The van der Waals surface area contributed by atoms with Crippen molar-refractivity contribution in [3.05, 3.63) is 29.8 Å². The van der Waals surface area contributed by atoms with Crippen LogP contribution in [0.3, 0.4) is 0 Å². The topological polar surface area (TPSA) is 41.7 Å². The van der Waals surface area contributed by atoms with Crippen LogP contribution in [0, 0.1) is 0 Å². The molecule has 1 rings (SSSR count). The molecule has 0 heterocycles. The van der Waals surface area contributed by atoms with E-state index < -0.39 is 0 Å². The molecule has 0 radical (unpaired) electrons. The van der Waals surface area contributed by atoms with Crippen molar-refractivity contribution in [2.45, 2.75) is 0 Å². The van der Waals surface area contributed by atoms with Crippen molar-refractivity contribution in [1.82, 2.24) is 9.80 Å². The lowest BCUT2D eigenvalue weighted by atomic mass is 10.2. The molecule has 0 aliphatic rings. The summed E-state index contributed by atoms with van der Waals surface area (Å²) in [6.45, 7) is 3.57. The van der Waals surface area contributed by atoms with Gasteiger partial charge in [0.15, 0.2) is 0 Å². The number of likely N-dealkylation sites (N-methyl/N-ethyl adjacent to an activating group) is 2. The fourth-order valence-electron chi connectivity index (χ4n) is 1.59. The van der Waals surface area contributed by atoms with E-state index in [-0.39, 0.29) is 0 Å². The Balaban J connectivity index is 2.39. The van der Waals surface area contributed by atoms with Crippen molar-refractivity contribution < 1.29 is 4.74 Å². The van der Waals surface area contributed by atoms with Crippen molar-refractivity contribution in [3.8, 4) is 5.75 Å². The fraction of sp³-hybridized carbons (Fsp3) is 0.500. The lowest BCUT2D eigenvalue weighted by molar-refractivity contribution is 0.222. The molecule has 0 bridgehead atoms. The molecular formula is C14H23N3OS. The molecule has 0 amide bonds. The number of nitrogens with zero attached hydrogens (tertiary/aromatic N) is 2. The van der Waals surface area contributed by atoms with Gasteiger partial charge in [-0.05, 0) is 33.3 Å². The molecule has 5 heteroatoms. The predicted octanol–water partition coefficient (Wildman–Crippen LogP) is 1.19. The molecule has 4 nitrogen and oxygen atoms in total. The van der Waals surface area contributed by atoms with Gasteiger partial charge in [0.05, 0.1) is 5.56 Å². The minimum atomic E-state index is 0.372. The summed E-state index contributed by atoms with van der Waals surface area (Å²) in [4.78, 5) is 4.78. The highest BCUT2D eigenvalue weighted by Gasteiger charge is 2.06. The quantitative estimate of drug-likeness (QED) is 0.725. The molecule has 1 aromatic carbocycles. The largest absolute Gasteiger partial charge is 0.492 e. The van der Waals surface area contributed by atoms with E-state index in [1.165, 1.54) is 0 Å². The van der Waals surface area contributed by atoms with Gasteiger partial charge in [-0.25, -0.2) is 0 Å². The van der Waals surface area contributed by atoms with Gasteiger partial charge < -0.3 is 20.3 Å². The average molecular weight is 281 g/mol. The Kier molecular flexibility index (Phi) is 6.77. The molecule has 0 fully saturated rings. The Morgan fingerprint density at radius 3 is 2.47 bits per heavy atom. The van der Waals surface area contributed by atoms with Crippen LogP contribution in [-0.4, -0.2) is 62.2 Å². The first-order valence-corrected chi connectivity index (χ1v) is 6.76. The number of hydrogen-bond acceptors (Lipinski definition) is 4. The SMILES string of the molecule is CN(C)CCN(C)CCOc1ccccc1C(N)=S. The maximum Gasteiger partial charge on any atom is 0.129 e. The normalized spacial score (nSPS) is 11.0. The van der Waals surface area contributed by atoms with Gasteiger partial charge in [0.2, 0.25) is 0 Å². The van der Waals surface area contributed by atoms with Gasteiger partial charge in [-0.1, -0.05) is 24.4 Å². The van der Waals surface area contributed by atoms with Crippen molar-refractivity contribution >= 4 is 17.2 Å². The molecular weight excluding hydrogens is 258 g/mol. The molecule has 106 valence electrons. The second-order valence-corrected chi connectivity index (χ2v) is 5.26. The Hall–Kier alpha value is -1.17. The molecule has 0 aromatic heterocycles. The zero-order valence-corrected chi connectivity index (χ0v) is 12.7. The molecule has 0 aliphatic heterocycles. The van der Waals surface area contributed by atoms with E-state index in [2.05, 4.69) is 30.9 Å². The van der Waals surface area contributed by atoms with Crippen molar-refractivity contribution in [2.24, 2.45) is 5.73 Å². The first kappa shape index (κ1) is 15.9. The fourth-order valence-corrected chi connectivity index (χ4v) is 1.76. The second-order valence-electron chi connectivity index (χ2n) is 4.82. The van der Waals surface area contributed by atoms with Crippen molar-refractivity contribution in [1.29, 1.82) is 0 Å². The third kappa shape index (κ3) is 6.00. The zero-order chi connectivity index (χ0) is 14.3. The zero-order valence-electron chi connectivity index (χ0n) is 11.9. The lowest BCUT2D eigenvalue weighted by Crippen LogP contribution is -2.31. The van der Waals surface area contributed by atoms with Crippen LogP contribution in [0.2, 0.25) is 0 Å². The van der Waals surface area contributed by atoms with Crippen LogP contribution in [0.4, 0.5) is 0 Å². The Bertz CT molecular complexity index is 409. The minimum absolute atomic E-state index is 0.372. The van der Waals surface area contributed by atoms with Crippen LogP contribution in [0.25, 0.3) is 0 Å². The summed E-state index contributed by atoms with van der Waals surface area (Å²) in [6.07, 6.45) is 0. The Morgan fingerprint density at radius 2 is 1.84 bits per heavy atom. The van der Waals surface area contributed by atoms with Gasteiger partial charge in [-0.15, -0.1) is 0 Å². The standard InChI is InChI=1S/C14H23N3OS/c1-16(2)8-9-17(3)10-11-18-13-7-5-4-6-12(13)14(15)19/h4-7H,8-11H2,1-3H3,(H2,15,19). The molecule has 0 saturated heterocycles. The van der Waals surface area contributed by atoms with Gasteiger partial charge in [0.1, 0.15) is 17.3 Å². The number of rotatable bonds is 8. The van der Waals surface area contributed by atoms with Gasteiger partial charge >= 0.3 is 0 Å². The van der Waals surface area contributed by atoms with E-state index in [1.807, 2.05) is 24.3 Å². The molecule has 0 atom stereocenters. The summed E-state index contributed by atoms with van der Waals surface area (Å²) in [5.41, 5.74) is 6.46. The third-order valence-electron chi connectivity index (χ3n) is 2.81. The van der Waals surface area contributed by atoms with Crippen LogP contribution in [0.15, 0.2) is 24.3 Å². The smallest absolute Gasteiger partial charge is 0.129 e. The first-order chi connectivity index (χ1) is 9.00. The third-order valence-corrected chi connectivity index (χ3v) is 3.03. The average Bonchev–Trinajstić information content (AvgIpc) is 2.36. The minimum Gasteiger partial charge on any atom is -0.492 e. The van der Waals surface area contributed by atoms with E-state index in [4.69, 9.17) is 22.7 Å². The van der Waals surface area contributed by atoms with E-state index in [0.717, 1.165) is 30.9 Å². The summed E-state index contributed by atoms with van der Waals surface area (Å²) in [5.74, 6) is 0.760. The summed E-state index contributed by atoms with van der Waals surface area (Å²) in [5, 5.41) is 0. The predicted molar refractivity (Wildman–Crippen MR) is 83.9 cm³/mol. The van der Waals surface area contributed by atoms with Crippen LogP contribution < -0.4 is 10.5 Å². The molecule has 19 heavy (non-hydrogen) atoms. The van der Waals surface area contributed by atoms with Crippen molar-refractivity contribution in [3.63, 3.8) is 0 Å². The van der Waals surface area contributed by atoms with E-state index in [0.29, 0.717) is 11.6 Å². The molecule has 0 saturated carbocycles. The van der Waals surface area contributed by atoms with Crippen LogP contribution in [0.1, 0.15) is 5.56 Å². The number of para-hydroxylation sites is 1. The Labute approximate surface area is 121 Å². The number of ether oxygens (including phenoxy) is 1. The molecule has 0 unspecified atom stereocenters. The van der Waals surface area contributed by atoms with Gasteiger partial charge in [0, 0.05) is 19.6 Å². The monoisotopic (exact) mass is 281 g/mol. The summed E-state index contributed by atoms with van der Waals surface area (Å²) in [7, 11) is 6.23. The highest BCUT2D eigenvalue weighted by molar-refractivity contribution is 7.80. The van der Waals surface area contributed by atoms with Crippen LogP contribution in [-0.2, 0) is 0 Å². The van der Waals surface area contributed by atoms with Crippen molar-refractivity contribution in [2.75, 3.05) is 47.4 Å². The summed E-state index contributed by atoms with van der Waals surface area (Å²) >= 11 is 5.00. The molecule has 1 aromatic rings. The number of nitrogens with two attached hydrogens (primary N) is 1. The number of hydrogen-bond donors (Lipinski definition) is 1. The molecule has 0 spiro atoms. The maximum atomic E-state index is 5.75. The highest BCUT2D eigenvalue weighted by atomic mass is 32.1. The molecule has 2 N–H and O–H groups in total. The maximum absolute atomic E-state index is 5.75. The summed E-state index contributed by atoms with van der Waals surface area (Å²) in [6, 6.07) is 7.61. The van der Waals surface area contributed by atoms with Gasteiger partial charge in [0.25, 0.3) is 0 Å². The van der Waals surface area contributed by atoms with Crippen LogP contribution >= 0.6 is 12.2 Å². The number of thiocarbonyl (C=S) groups is 1. The lowest BCUT2D eigenvalue weighted by Gasteiger charge is -2.19. The second kappa shape index (κ2) is 8.09. The van der Waals surface area contributed by atoms with Gasteiger partial charge in [-0.2, -0.15) is 0 Å². The van der Waals surface area contributed by atoms with Crippen LogP contribution in [0.5, 0.6) is 5.75 Å². The van der Waals surface area contributed by atoms with Gasteiger partial charge in [-0.3, -0.25) is 0 Å². The first-order valence-electron chi connectivity index (χ1n) is 6.35. The summed E-state index contributed by atoms with van der Waals surface area (Å²) < 4.78 is 5.75. The Morgan fingerprint density at radius 1 is 1.16 bits per heavy atom. The van der Waals surface area contributed by atoms with E-state index in [9.17, 15) is 0 Å². The van der Waals surface area contributed by atoms with E-state index >= 15 is 0 Å². The number of benzene rings is 1. The highest BCUT2D eigenvalue weighted by Crippen LogP contribution is 2.17. The molecule has 0 aliphatic carbocycles. The van der Waals surface area contributed by atoms with E-state index in [1.54, 1.807) is 0 Å².